The van der Waals surface area contributed by atoms with E-state index in [0.29, 0.717) is 6.42 Å². The van der Waals surface area contributed by atoms with Crippen LogP contribution in [-0.4, -0.2) is 24.5 Å². The van der Waals surface area contributed by atoms with Crippen LogP contribution in [0.2, 0.25) is 0 Å². The molecule has 0 spiro atoms. The molecule has 1 amide bonds. The Morgan fingerprint density at radius 3 is 3.00 bits per heavy atom. The number of aryl methyl sites for hydroxylation is 1. The van der Waals surface area contributed by atoms with E-state index >= 15 is 0 Å². The minimum absolute atomic E-state index is 0.133. The monoisotopic (exact) mass is 320 g/mol. The van der Waals surface area contributed by atoms with Crippen molar-refractivity contribution in [2.24, 2.45) is 0 Å². The molecule has 0 saturated carbocycles. The molecule has 0 radical (unpaired) electrons. The Morgan fingerprint density at radius 1 is 1.25 bits per heavy atom. The number of aromatic amines is 1. The zero-order chi connectivity index (χ0) is 16.5. The van der Waals surface area contributed by atoms with Gasteiger partial charge in [0, 0.05) is 29.7 Å². The second-order valence-corrected chi connectivity index (χ2v) is 6.18. The van der Waals surface area contributed by atoms with Crippen LogP contribution in [0, 0.1) is 0 Å². The number of fused-ring (bicyclic) bond motifs is 2. The average molecular weight is 320 g/mol. The standard InChI is InChI=1S/C20H20N2O2/c1-24-16-9-8-14-5-4-10-22(19(14)12-16)20(23)11-15-13-21-18-7-3-2-6-17(15)18/h2-3,6-9,12-13,21H,4-5,10-11H2,1H3. The van der Waals surface area contributed by atoms with Gasteiger partial charge in [0.25, 0.3) is 0 Å². The normalized spacial score (nSPS) is 13.8. The zero-order valence-corrected chi connectivity index (χ0v) is 13.7. The molecule has 0 atom stereocenters. The summed E-state index contributed by atoms with van der Waals surface area (Å²) in [5.74, 6) is 0.925. The Balaban J connectivity index is 1.64. The first kappa shape index (κ1) is 14.8. The molecular weight excluding hydrogens is 300 g/mol. The third-order valence-corrected chi connectivity index (χ3v) is 4.73. The highest BCUT2D eigenvalue weighted by Crippen LogP contribution is 2.31. The third-order valence-electron chi connectivity index (χ3n) is 4.73. The molecule has 1 aliphatic heterocycles. The molecular formula is C20H20N2O2. The molecule has 1 aliphatic rings. The maximum Gasteiger partial charge on any atom is 0.231 e. The smallest absolute Gasteiger partial charge is 0.231 e. The topological polar surface area (TPSA) is 45.3 Å². The molecule has 2 heterocycles. The minimum Gasteiger partial charge on any atom is -0.497 e. The number of hydrogen-bond acceptors (Lipinski definition) is 2. The fourth-order valence-electron chi connectivity index (χ4n) is 3.48. The molecule has 3 aromatic rings. The molecule has 0 aliphatic carbocycles. The lowest BCUT2D eigenvalue weighted by atomic mass is 10.0. The number of carbonyl (C=O) groups is 1. The molecule has 2 aromatic carbocycles. The first-order chi connectivity index (χ1) is 11.8. The van der Waals surface area contributed by atoms with Crippen molar-refractivity contribution < 1.29 is 9.53 Å². The van der Waals surface area contributed by atoms with Crippen molar-refractivity contribution in [1.29, 1.82) is 0 Å². The van der Waals surface area contributed by atoms with Crippen molar-refractivity contribution in [3.8, 4) is 5.75 Å². The van der Waals surface area contributed by atoms with E-state index in [1.54, 1.807) is 7.11 Å². The molecule has 0 fully saturated rings. The quantitative estimate of drug-likeness (QED) is 0.800. The molecule has 0 saturated heterocycles. The number of ether oxygens (including phenoxy) is 1. The second kappa shape index (κ2) is 6.04. The Morgan fingerprint density at radius 2 is 2.12 bits per heavy atom. The van der Waals surface area contributed by atoms with E-state index in [9.17, 15) is 4.79 Å². The number of carbonyl (C=O) groups excluding carboxylic acids is 1. The van der Waals surface area contributed by atoms with Gasteiger partial charge in [0.2, 0.25) is 5.91 Å². The molecule has 122 valence electrons. The Bertz CT molecular complexity index is 898. The maximum absolute atomic E-state index is 12.9. The van der Waals surface area contributed by atoms with E-state index in [-0.39, 0.29) is 5.91 Å². The SMILES string of the molecule is COc1ccc2c(c1)N(C(=O)Cc1c[nH]c3ccccc13)CCC2. The summed E-state index contributed by atoms with van der Waals surface area (Å²) in [6, 6.07) is 14.1. The number of nitrogens with zero attached hydrogens (tertiary/aromatic N) is 1. The van der Waals surface area contributed by atoms with E-state index in [1.807, 2.05) is 41.4 Å². The van der Waals surface area contributed by atoms with Gasteiger partial charge in [-0.1, -0.05) is 24.3 Å². The fraction of sp³-hybridized carbons (Fsp3) is 0.250. The molecule has 4 nitrogen and oxygen atoms in total. The summed E-state index contributed by atoms with van der Waals surface area (Å²) in [4.78, 5) is 18.1. The van der Waals surface area contributed by atoms with Gasteiger partial charge in [-0.3, -0.25) is 4.79 Å². The van der Waals surface area contributed by atoms with Gasteiger partial charge in [-0.25, -0.2) is 0 Å². The summed E-state index contributed by atoms with van der Waals surface area (Å²) in [6.45, 7) is 0.765. The molecule has 4 rings (SSSR count). The fourth-order valence-corrected chi connectivity index (χ4v) is 3.48. The van der Waals surface area contributed by atoms with Crippen LogP contribution in [0.4, 0.5) is 5.69 Å². The van der Waals surface area contributed by atoms with Crippen molar-refractivity contribution in [2.45, 2.75) is 19.3 Å². The summed E-state index contributed by atoms with van der Waals surface area (Å²) in [6.07, 6.45) is 4.36. The lowest BCUT2D eigenvalue weighted by Crippen LogP contribution is -2.36. The number of anilines is 1. The van der Waals surface area contributed by atoms with Crippen molar-refractivity contribution >= 4 is 22.5 Å². The van der Waals surface area contributed by atoms with E-state index in [4.69, 9.17) is 4.74 Å². The largest absolute Gasteiger partial charge is 0.497 e. The van der Waals surface area contributed by atoms with Gasteiger partial charge in [0.05, 0.1) is 19.2 Å². The lowest BCUT2D eigenvalue weighted by Gasteiger charge is -2.30. The van der Waals surface area contributed by atoms with Crippen LogP contribution in [0.1, 0.15) is 17.5 Å². The number of rotatable bonds is 3. The summed E-state index contributed by atoms with van der Waals surface area (Å²) in [5, 5.41) is 1.12. The minimum atomic E-state index is 0.133. The van der Waals surface area contributed by atoms with Gasteiger partial charge >= 0.3 is 0 Å². The first-order valence-corrected chi connectivity index (χ1v) is 8.28. The summed E-state index contributed by atoms with van der Waals surface area (Å²) >= 11 is 0. The Hall–Kier alpha value is -2.75. The molecule has 1 N–H and O–H groups in total. The maximum atomic E-state index is 12.9. The van der Waals surface area contributed by atoms with Gasteiger partial charge in [-0.15, -0.1) is 0 Å². The second-order valence-electron chi connectivity index (χ2n) is 6.18. The van der Waals surface area contributed by atoms with Crippen LogP contribution in [0.3, 0.4) is 0 Å². The highest BCUT2D eigenvalue weighted by molar-refractivity contribution is 5.98. The van der Waals surface area contributed by atoms with Crippen molar-refractivity contribution in [2.75, 3.05) is 18.6 Å². The molecule has 4 heteroatoms. The van der Waals surface area contributed by atoms with Crippen molar-refractivity contribution in [1.82, 2.24) is 4.98 Å². The number of benzene rings is 2. The number of nitrogens with one attached hydrogen (secondary N) is 1. The van der Waals surface area contributed by atoms with E-state index in [1.165, 1.54) is 5.56 Å². The summed E-state index contributed by atoms with van der Waals surface area (Å²) < 4.78 is 5.33. The van der Waals surface area contributed by atoms with Gasteiger partial charge < -0.3 is 14.6 Å². The van der Waals surface area contributed by atoms with Crippen LogP contribution in [0.25, 0.3) is 10.9 Å². The summed E-state index contributed by atoms with van der Waals surface area (Å²) in [7, 11) is 1.66. The zero-order valence-electron chi connectivity index (χ0n) is 13.7. The van der Waals surface area contributed by atoms with Crippen LogP contribution < -0.4 is 9.64 Å². The van der Waals surface area contributed by atoms with E-state index < -0.39 is 0 Å². The molecule has 0 unspecified atom stereocenters. The Labute approximate surface area is 141 Å². The van der Waals surface area contributed by atoms with Gasteiger partial charge in [-0.2, -0.15) is 0 Å². The molecule has 0 bridgehead atoms. The predicted molar refractivity (Wildman–Crippen MR) is 95.7 cm³/mol. The van der Waals surface area contributed by atoms with Crippen LogP contribution in [0.5, 0.6) is 5.75 Å². The van der Waals surface area contributed by atoms with Gasteiger partial charge in [0.1, 0.15) is 5.75 Å². The van der Waals surface area contributed by atoms with Gasteiger partial charge in [0.15, 0.2) is 0 Å². The van der Waals surface area contributed by atoms with E-state index in [2.05, 4.69) is 17.1 Å². The number of methoxy groups -OCH3 is 1. The number of aromatic nitrogens is 1. The third kappa shape index (κ3) is 2.54. The summed E-state index contributed by atoms with van der Waals surface area (Å²) in [5.41, 5.74) is 4.33. The van der Waals surface area contributed by atoms with E-state index in [0.717, 1.165) is 47.3 Å². The van der Waals surface area contributed by atoms with Crippen molar-refractivity contribution in [3.05, 3.63) is 59.8 Å². The highest BCUT2D eigenvalue weighted by atomic mass is 16.5. The Kier molecular flexibility index (Phi) is 3.73. The lowest BCUT2D eigenvalue weighted by molar-refractivity contribution is -0.118. The number of H-pyrrole nitrogens is 1. The highest BCUT2D eigenvalue weighted by Gasteiger charge is 2.23. The van der Waals surface area contributed by atoms with Gasteiger partial charge in [-0.05, 0) is 36.1 Å². The van der Waals surface area contributed by atoms with Crippen molar-refractivity contribution in [3.63, 3.8) is 0 Å². The van der Waals surface area contributed by atoms with Crippen LogP contribution >= 0.6 is 0 Å². The number of amides is 1. The van der Waals surface area contributed by atoms with Crippen LogP contribution in [0.15, 0.2) is 48.7 Å². The molecule has 24 heavy (non-hydrogen) atoms. The van der Waals surface area contributed by atoms with Crippen LogP contribution in [-0.2, 0) is 17.6 Å². The predicted octanol–water partition coefficient (Wildman–Crippen LogP) is 3.70. The average Bonchev–Trinajstić information content (AvgIpc) is 3.03. The number of hydrogen-bond donors (Lipinski definition) is 1. The first-order valence-electron chi connectivity index (χ1n) is 8.28. The molecule has 1 aromatic heterocycles. The number of para-hydroxylation sites is 1.